The Balaban J connectivity index is 1.45. The molecule has 0 spiro atoms. The highest BCUT2D eigenvalue weighted by Gasteiger charge is 2.29. The van der Waals surface area contributed by atoms with Crippen molar-refractivity contribution in [2.24, 2.45) is 5.92 Å². The molecule has 30 heavy (non-hydrogen) atoms. The summed E-state index contributed by atoms with van der Waals surface area (Å²) in [5.41, 5.74) is 2.38. The topological polar surface area (TPSA) is 67.6 Å². The summed E-state index contributed by atoms with van der Waals surface area (Å²) in [5, 5.41) is 0.698. The van der Waals surface area contributed by atoms with Crippen LogP contribution < -0.4 is 0 Å². The van der Waals surface area contributed by atoms with Gasteiger partial charge in [-0.15, -0.1) is 0 Å². The Bertz CT molecular complexity index is 1130. The van der Waals surface area contributed by atoms with Crippen molar-refractivity contribution in [3.8, 4) is 0 Å². The maximum atomic E-state index is 13.2. The van der Waals surface area contributed by atoms with Crippen LogP contribution in [0.5, 0.6) is 0 Å². The summed E-state index contributed by atoms with van der Waals surface area (Å²) < 4.78 is 29.8. The van der Waals surface area contributed by atoms with Crippen LogP contribution in [0.1, 0.15) is 40.9 Å². The molecule has 0 atom stereocenters. The van der Waals surface area contributed by atoms with Gasteiger partial charge < -0.3 is 9.32 Å². The smallest absolute Gasteiger partial charge is 0.289 e. The molecule has 158 valence electrons. The first-order chi connectivity index (χ1) is 14.4. The largest absolute Gasteiger partial charge is 0.451 e. The second-order valence-electron chi connectivity index (χ2n) is 8.24. The Morgan fingerprint density at radius 2 is 1.70 bits per heavy atom. The molecule has 0 radical (unpaired) electrons. The van der Waals surface area contributed by atoms with Gasteiger partial charge in [-0.25, -0.2) is 8.42 Å². The van der Waals surface area contributed by atoms with Crippen molar-refractivity contribution >= 4 is 26.7 Å². The fourth-order valence-electron chi connectivity index (χ4n) is 4.26. The number of fused-ring (bicyclic) bond motifs is 1. The van der Waals surface area contributed by atoms with Gasteiger partial charge in [0, 0.05) is 30.3 Å². The van der Waals surface area contributed by atoms with E-state index in [0.29, 0.717) is 35.5 Å². The molecule has 6 heteroatoms. The van der Waals surface area contributed by atoms with E-state index in [1.165, 1.54) is 11.8 Å². The van der Waals surface area contributed by atoms with Crippen LogP contribution in [0.4, 0.5) is 0 Å². The highest BCUT2D eigenvalue weighted by atomic mass is 32.2. The maximum absolute atomic E-state index is 13.2. The summed E-state index contributed by atoms with van der Waals surface area (Å²) in [6, 6.07) is 17.7. The first-order valence-corrected chi connectivity index (χ1v) is 12.5. The Morgan fingerprint density at radius 1 is 1.03 bits per heavy atom. The quantitative estimate of drug-likeness (QED) is 0.585. The van der Waals surface area contributed by atoms with E-state index in [1.54, 1.807) is 6.07 Å². The van der Waals surface area contributed by atoms with E-state index in [-0.39, 0.29) is 17.4 Å². The van der Waals surface area contributed by atoms with Crippen LogP contribution in [-0.2, 0) is 22.0 Å². The number of benzene rings is 2. The lowest BCUT2D eigenvalue weighted by Crippen LogP contribution is -2.38. The molecule has 0 aliphatic carbocycles. The third-order valence-corrected chi connectivity index (χ3v) is 6.70. The molecule has 3 aromatic rings. The van der Waals surface area contributed by atoms with Crippen molar-refractivity contribution in [1.29, 1.82) is 0 Å². The third kappa shape index (κ3) is 4.75. The highest BCUT2D eigenvalue weighted by Crippen LogP contribution is 2.30. The van der Waals surface area contributed by atoms with Crippen LogP contribution in [0.15, 0.2) is 59.0 Å². The molecule has 0 N–H and O–H groups in total. The second-order valence-corrected chi connectivity index (χ2v) is 10.4. The minimum absolute atomic E-state index is 0.171. The number of para-hydroxylation sites is 1. The van der Waals surface area contributed by atoms with Crippen LogP contribution in [-0.4, -0.2) is 38.6 Å². The molecule has 0 saturated carbocycles. The van der Waals surface area contributed by atoms with Gasteiger partial charge in [-0.3, -0.25) is 4.79 Å². The summed E-state index contributed by atoms with van der Waals surface area (Å²) in [5.74, 6) is 0.370. The number of sulfone groups is 1. The molecule has 2 aromatic carbocycles. The van der Waals surface area contributed by atoms with Crippen LogP contribution in [0.2, 0.25) is 0 Å². The molecule has 0 bridgehead atoms. The van der Waals surface area contributed by atoms with Gasteiger partial charge in [-0.05, 0) is 43.2 Å². The van der Waals surface area contributed by atoms with Gasteiger partial charge in [-0.2, -0.15) is 0 Å². The maximum Gasteiger partial charge on any atom is 0.289 e. The van der Waals surface area contributed by atoms with Crippen molar-refractivity contribution in [2.45, 2.75) is 31.4 Å². The van der Waals surface area contributed by atoms with Gasteiger partial charge in [-0.1, -0.05) is 48.5 Å². The number of furan rings is 1. The number of likely N-dealkylation sites (tertiary alicyclic amines) is 1. The van der Waals surface area contributed by atoms with Gasteiger partial charge >= 0.3 is 0 Å². The number of hydrogen-bond acceptors (Lipinski definition) is 4. The van der Waals surface area contributed by atoms with E-state index in [4.69, 9.17) is 4.42 Å². The highest BCUT2D eigenvalue weighted by molar-refractivity contribution is 7.89. The minimum Gasteiger partial charge on any atom is -0.451 e. The summed E-state index contributed by atoms with van der Waals surface area (Å²) in [6.45, 7) is 1.35. The molecule has 1 aliphatic heterocycles. The molecule has 1 fully saturated rings. The lowest BCUT2D eigenvalue weighted by atomic mass is 9.90. The molecule has 5 nitrogen and oxygen atoms in total. The zero-order valence-corrected chi connectivity index (χ0v) is 18.0. The van der Waals surface area contributed by atoms with E-state index < -0.39 is 9.84 Å². The van der Waals surface area contributed by atoms with E-state index >= 15 is 0 Å². The predicted molar refractivity (Wildman–Crippen MR) is 118 cm³/mol. The zero-order valence-electron chi connectivity index (χ0n) is 17.2. The summed E-state index contributed by atoms with van der Waals surface area (Å²) in [7, 11) is -3.30. The van der Waals surface area contributed by atoms with Crippen molar-refractivity contribution in [2.75, 3.05) is 19.3 Å². The number of rotatable bonds is 6. The van der Waals surface area contributed by atoms with Crippen LogP contribution in [0.25, 0.3) is 11.0 Å². The first kappa shape index (κ1) is 20.7. The van der Waals surface area contributed by atoms with Gasteiger partial charge in [0.25, 0.3) is 5.91 Å². The standard InChI is InChI=1S/C24H27NO4S/c1-30(27,28)17-21-20-9-5-6-10-22(20)29-23(21)24(26)25-15-13-19(14-16-25)12-11-18-7-3-2-4-8-18/h2-10,19H,11-17H2,1H3. The molecule has 1 aromatic heterocycles. The normalized spacial score (nSPS) is 15.6. The van der Waals surface area contributed by atoms with Gasteiger partial charge in [0.15, 0.2) is 15.6 Å². The lowest BCUT2D eigenvalue weighted by molar-refractivity contribution is 0.0656. The number of carbonyl (C=O) groups excluding carboxylic acids is 1. The van der Waals surface area contributed by atoms with Crippen LogP contribution in [0.3, 0.4) is 0 Å². The van der Waals surface area contributed by atoms with Crippen LogP contribution >= 0.6 is 0 Å². The fraction of sp³-hybridized carbons (Fsp3) is 0.375. The van der Waals surface area contributed by atoms with Crippen molar-refractivity contribution in [3.63, 3.8) is 0 Å². The average Bonchev–Trinajstić information content (AvgIpc) is 3.10. The van der Waals surface area contributed by atoms with Gasteiger partial charge in [0.05, 0.1) is 5.75 Å². The van der Waals surface area contributed by atoms with E-state index in [9.17, 15) is 13.2 Å². The average molecular weight is 426 g/mol. The van der Waals surface area contributed by atoms with Crippen molar-refractivity contribution in [1.82, 2.24) is 4.90 Å². The number of aryl methyl sites for hydroxylation is 1. The fourth-order valence-corrected chi connectivity index (χ4v) is 5.07. The minimum atomic E-state index is -3.30. The summed E-state index contributed by atoms with van der Waals surface area (Å²) in [4.78, 5) is 15.0. The molecule has 0 unspecified atom stereocenters. The zero-order chi connectivity index (χ0) is 21.1. The van der Waals surface area contributed by atoms with Crippen molar-refractivity contribution < 1.29 is 17.6 Å². The molecule has 1 amide bonds. The molecule has 2 heterocycles. The Hall–Kier alpha value is -2.60. The molecule has 4 rings (SSSR count). The Labute approximate surface area is 177 Å². The van der Waals surface area contributed by atoms with E-state index in [2.05, 4.69) is 24.3 Å². The number of carbonyl (C=O) groups is 1. The van der Waals surface area contributed by atoms with E-state index in [1.807, 2.05) is 29.2 Å². The molecular formula is C24H27NO4S. The van der Waals surface area contributed by atoms with Gasteiger partial charge in [0.2, 0.25) is 0 Å². The molecule has 1 saturated heterocycles. The monoisotopic (exact) mass is 425 g/mol. The van der Waals surface area contributed by atoms with Gasteiger partial charge in [0.1, 0.15) is 5.58 Å². The molecular weight excluding hydrogens is 398 g/mol. The van der Waals surface area contributed by atoms with E-state index in [0.717, 1.165) is 25.7 Å². The predicted octanol–water partition coefficient (Wildman–Crippen LogP) is 4.46. The molecule has 1 aliphatic rings. The van der Waals surface area contributed by atoms with Crippen LogP contribution in [0, 0.1) is 5.92 Å². The third-order valence-electron chi connectivity index (χ3n) is 5.88. The Morgan fingerprint density at radius 3 is 2.40 bits per heavy atom. The first-order valence-electron chi connectivity index (χ1n) is 10.4. The van der Waals surface area contributed by atoms with Crippen molar-refractivity contribution in [3.05, 3.63) is 71.5 Å². The number of amides is 1. The summed E-state index contributed by atoms with van der Waals surface area (Å²) >= 11 is 0. The number of piperidine rings is 1. The number of nitrogens with zero attached hydrogens (tertiary/aromatic N) is 1. The second kappa shape index (κ2) is 8.64. The SMILES string of the molecule is CS(=O)(=O)Cc1c(C(=O)N2CCC(CCc3ccccc3)CC2)oc2ccccc12. The lowest BCUT2D eigenvalue weighted by Gasteiger charge is -2.31. The number of hydrogen-bond donors (Lipinski definition) is 0. The summed E-state index contributed by atoms with van der Waals surface area (Å²) in [6.07, 6.45) is 5.28. The Kier molecular flexibility index (Phi) is 5.95.